The number of nitrogens with zero attached hydrogens (tertiary/aromatic N) is 1. The summed E-state index contributed by atoms with van der Waals surface area (Å²) < 4.78 is 5.26. The minimum absolute atomic E-state index is 0.0332. The van der Waals surface area contributed by atoms with Gasteiger partial charge in [-0.15, -0.1) is 0 Å². The number of rotatable bonds is 10. The van der Waals surface area contributed by atoms with Crippen LogP contribution in [-0.2, 0) is 32.2 Å². The number of halogens is 1. The largest absolute Gasteiger partial charge is 0.481 e. The lowest BCUT2D eigenvalue weighted by molar-refractivity contribution is -0.142. The van der Waals surface area contributed by atoms with E-state index in [1.165, 1.54) is 0 Å². The first kappa shape index (κ1) is 24.1. The van der Waals surface area contributed by atoms with Gasteiger partial charge in [0.15, 0.2) is 6.10 Å². The third kappa shape index (κ3) is 7.21. The number of carbonyl (C=O) groups excluding carboxylic acids is 2. The number of amides is 2. The molecule has 1 aliphatic heterocycles. The van der Waals surface area contributed by atoms with Crippen LogP contribution in [0.2, 0.25) is 0 Å². The Morgan fingerprint density at radius 3 is 2.30 bits per heavy atom. The van der Waals surface area contributed by atoms with Crippen molar-refractivity contribution in [3.8, 4) is 0 Å². The molecular weight excluding hydrogens is 450 g/mol. The molecule has 2 aromatic carbocycles. The Morgan fingerprint density at radius 2 is 1.73 bits per heavy atom. The van der Waals surface area contributed by atoms with Crippen LogP contribution in [0.25, 0.3) is 0 Å². The van der Waals surface area contributed by atoms with Crippen LogP contribution in [0, 0.1) is 0 Å². The Labute approximate surface area is 195 Å². The van der Waals surface area contributed by atoms with Gasteiger partial charge < -0.3 is 25.3 Å². The van der Waals surface area contributed by atoms with Crippen molar-refractivity contribution in [2.75, 3.05) is 6.54 Å². The standard InChI is InChI=1S/C23H24ClN3O6/c24-19-11-18(33-27-19)14-25-21(30)23(13-20(28)29,12-16-7-3-1-4-8-16)26-22(31)32-15-17-9-5-2-6-10-17/h1-10,18H,11-15H2,(H,25,30)(H,26,31)(H,28,29)/t18?,23-/m0/s1. The van der Waals surface area contributed by atoms with E-state index in [2.05, 4.69) is 15.8 Å². The van der Waals surface area contributed by atoms with Gasteiger partial charge in [-0.3, -0.25) is 9.59 Å². The van der Waals surface area contributed by atoms with Crippen LogP contribution >= 0.6 is 11.6 Å². The monoisotopic (exact) mass is 473 g/mol. The highest BCUT2D eigenvalue weighted by atomic mass is 35.5. The Morgan fingerprint density at radius 1 is 1.09 bits per heavy atom. The van der Waals surface area contributed by atoms with Crippen molar-refractivity contribution in [2.45, 2.75) is 37.5 Å². The summed E-state index contributed by atoms with van der Waals surface area (Å²) in [6.45, 7) is 0.00396. The molecule has 3 N–H and O–H groups in total. The van der Waals surface area contributed by atoms with Gasteiger partial charge in [-0.05, 0) is 11.1 Å². The van der Waals surface area contributed by atoms with Gasteiger partial charge in [0.05, 0.1) is 13.0 Å². The number of carbonyl (C=O) groups is 3. The van der Waals surface area contributed by atoms with Crippen LogP contribution in [0.5, 0.6) is 0 Å². The molecule has 1 heterocycles. The molecule has 0 aliphatic carbocycles. The maximum atomic E-state index is 13.3. The van der Waals surface area contributed by atoms with Crippen LogP contribution in [0.15, 0.2) is 65.8 Å². The molecule has 0 saturated carbocycles. The summed E-state index contributed by atoms with van der Waals surface area (Å²) in [7, 11) is 0. The molecule has 0 spiro atoms. The zero-order valence-electron chi connectivity index (χ0n) is 17.7. The summed E-state index contributed by atoms with van der Waals surface area (Å²) in [6.07, 6.45) is -1.79. The number of hydrogen-bond donors (Lipinski definition) is 3. The molecule has 2 amide bonds. The van der Waals surface area contributed by atoms with E-state index < -0.39 is 36.0 Å². The summed E-state index contributed by atoms with van der Waals surface area (Å²) >= 11 is 5.80. The molecule has 0 fully saturated rings. The minimum Gasteiger partial charge on any atom is -0.481 e. The highest BCUT2D eigenvalue weighted by Gasteiger charge is 2.43. The van der Waals surface area contributed by atoms with Gasteiger partial charge in [0, 0.05) is 12.8 Å². The minimum atomic E-state index is -1.80. The lowest BCUT2D eigenvalue weighted by atomic mass is 9.86. The predicted octanol–water partition coefficient (Wildman–Crippen LogP) is 2.83. The molecule has 174 valence electrons. The fourth-order valence-corrected chi connectivity index (χ4v) is 3.62. The van der Waals surface area contributed by atoms with Crippen molar-refractivity contribution in [3.05, 3.63) is 71.8 Å². The van der Waals surface area contributed by atoms with E-state index in [4.69, 9.17) is 21.2 Å². The third-order valence-electron chi connectivity index (χ3n) is 4.98. The molecule has 0 radical (unpaired) electrons. The van der Waals surface area contributed by atoms with Crippen molar-refractivity contribution in [2.24, 2.45) is 5.16 Å². The van der Waals surface area contributed by atoms with Gasteiger partial charge in [-0.2, -0.15) is 0 Å². The van der Waals surface area contributed by atoms with Crippen molar-refractivity contribution in [1.29, 1.82) is 0 Å². The molecule has 2 atom stereocenters. The van der Waals surface area contributed by atoms with E-state index >= 15 is 0 Å². The molecule has 0 saturated heterocycles. The third-order valence-corrected chi connectivity index (χ3v) is 5.20. The molecule has 33 heavy (non-hydrogen) atoms. The number of carboxylic acid groups (broad SMARTS) is 1. The van der Waals surface area contributed by atoms with E-state index in [0.717, 1.165) is 5.56 Å². The van der Waals surface area contributed by atoms with Gasteiger partial charge in [0.25, 0.3) is 0 Å². The number of ether oxygens (including phenoxy) is 1. The van der Waals surface area contributed by atoms with E-state index in [1.807, 2.05) is 6.07 Å². The van der Waals surface area contributed by atoms with Gasteiger partial charge >= 0.3 is 12.1 Å². The van der Waals surface area contributed by atoms with Gasteiger partial charge in [0.1, 0.15) is 17.3 Å². The molecule has 1 aliphatic rings. The summed E-state index contributed by atoms with van der Waals surface area (Å²) in [4.78, 5) is 42.8. The molecule has 0 bridgehead atoms. The van der Waals surface area contributed by atoms with E-state index in [9.17, 15) is 19.5 Å². The Kier molecular flexibility index (Phi) is 8.26. The van der Waals surface area contributed by atoms with Crippen LogP contribution in [0.3, 0.4) is 0 Å². The smallest absolute Gasteiger partial charge is 0.408 e. The zero-order chi connectivity index (χ0) is 23.7. The number of aliphatic carboxylic acids is 1. The average Bonchev–Trinajstić information content (AvgIpc) is 3.22. The summed E-state index contributed by atoms with van der Waals surface area (Å²) in [5.41, 5.74) is -0.385. The summed E-state index contributed by atoms with van der Waals surface area (Å²) in [5, 5.41) is 18.7. The number of benzene rings is 2. The fourth-order valence-electron chi connectivity index (χ4n) is 3.40. The van der Waals surface area contributed by atoms with Gasteiger partial charge in [-0.25, -0.2) is 4.79 Å². The Hall–Kier alpha value is -3.59. The predicted molar refractivity (Wildman–Crippen MR) is 121 cm³/mol. The number of carboxylic acids is 1. The van der Waals surface area contributed by atoms with E-state index in [-0.39, 0.29) is 24.7 Å². The molecule has 10 heteroatoms. The quantitative estimate of drug-likeness (QED) is 0.487. The average molecular weight is 474 g/mol. The van der Waals surface area contributed by atoms with Crippen molar-refractivity contribution in [1.82, 2.24) is 10.6 Å². The molecule has 3 rings (SSSR count). The first-order valence-electron chi connectivity index (χ1n) is 10.3. The number of oxime groups is 1. The maximum absolute atomic E-state index is 13.3. The topological polar surface area (TPSA) is 126 Å². The Bertz CT molecular complexity index is 1000. The fraction of sp³-hybridized carbons (Fsp3) is 0.304. The van der Waals surface area contributed by atoms with Crippen molar-refractivity contribution in [3.63, 3.8) is 0 Å². The van der Waals surface area contributed by atoms with Crippen LogP contribution in [0.1, 0.15) is 24.0 Å². The SMILES string of the molecule is O=C(O)C[C@](Cc1ccccc1)(NC(=O)OCc1ccccc1)C(=O)NCC1CC(Cl)=NO1. The first-order chi connectivity index (χ1) is 15.9. The van der Waals surface area contributed by atoms with Crippen molar-refractivity contribution >= 4 is 34.7 Å². The second-order valence-electron chi connectivity index (χ2n) is 7.61. The lowest BCUT2D eigenvalue weighted by Gasteiger charge is -2.32. The normalized spacial score (nSPS) is 16.6. The zero-order valence-corrected chi connectivity index (χ0v) is 18.5. The molecule has 9 nitrogen and oxygen atoms in total. The second-order valence-corrected chi connectivity index (χ2v) is 8.05. The molecule has 0 aromatic heterocycles. The highest BCUT2D eigenvalue weighted by Crippen LogP contribution is 2.20. The molecule has 1 unspecified atom stereocenters. The highest BCUT2D eigenvalue weighted by molar-refractivity contribution is 6.65. The number of alkyl carbamates (subject to hydrolysis) is 1. The molecule has 2 aromatic rings. The summed E-state index contributed by atoms with van der Waals surface area (Å²) in [6, 6.07) is 17.8. The van der Waals surface area contributed by atoms with E-state index in [0.29, 0.717) is 12.0 Å². The second kappa shape index (κ2) is 11.3. The number of nitrogens with one attached hydrogen (secondary N) is 2. The van der Waals surface area contributed by atoms with Gasteiger partial charge in [-0.1, -0.05) is 77.4 Å². The van der Waals surface area contributed by atoms with Crippen LogP contribution in [0.4, 0.5) is 4.79 Å². The summed E-state index contributed by atoms with van der Waals surface area (Å²) in [5.74, 6) is -1.94. The van der Waals surface area contributed by atoms with Crippen molar-refractivity contribution < 1.29 is 29.1 Å². The van der Waals surface area contributed by atoms with Gasteiger partial charge in [0.2, 0.25) is 5.91 Å². The first-order valence-corrected chi connectivity index (χ1v) is 10.7. The van der Waals surface area contributed by atoms with E-state index in [1.54, 1.807) is 54.6 Å². The van der Waals surface area contributed by atoms with Crippen LogP contribution in [-0.4, -0.2) is 46.4 Å². The molecular formula is C23H24ClN3O6. The van der Waals surface area contributed by atoms with Crippen LogP contribution < -0.4 is 10.6 Å². The maximum Gasteiger partial charge on any atom is 0.408 e. The Balaban J connectivity index is 1.77. The lowest BCUT2D eigenvalue weighted by Crippen LogP contribution is -2.62. The number of hydrogen-bond acceptors (Lipinski definition) is 6.